The van der Waals surface area contributed by atoms with Crippen molar-refractivity contribution >= 4 is 71.3 Å². The van der Waals surface area contributed by atoms with Gasteiger partial charge in [0.1, 0.15) is 11.2 Å². The summed E-state index contributed by atoms with van der Waals surface area (Å²) >= 11 is 0. The second kappa shape index (κ2) is 13.2. The van der Waals surface area contributed by atoms with Crippen molar-refractivity contribution in [1.82, 2.24) is 0 Å². The van der Waals surface area contributed by atoms with Gasteiger partial charge in [0.15, 0.2) is 0 Å². The molecule has 0 unspecified atom stereocenters. The molecule has 1 aromatic heterocycles. The Morgan fingerprint density at radius 1 is 0.304 bits per heavy atom. The Morgan fingerprint density at radius 3 is 1.66 bits per heavy atom. The molecule has 0 saturated carbocycles. The van der Waals surface area contributed by atoms with Crippen molar-refractivity contribution in [1.29, 1.82) is 0 Å². The van der Waals surface area contributed by atoms with Gasteiger partial charge in [-0.2, -0.15) is 0 Å². The van der Waals surface area contributed by atoms with Gasteiger partial charge in [-0.1, -0.05) is 158 Å². The van der Waals surface area contributed by atoms with Gasteiger partial charge in [0, 0.05) is 33.4 Å². The summed E-state index contributed by atoms with van der Waals surface area (Å²) in [5.41, 5.74) is 12.2. The SMILES string of the molecule is c1ccc(N(c2ccc(-c3cccc4cccc(-c5cccc6c5oc5ccccc56)c34)cc2)c2ccc3cc(-c4ccc5ccccc5c4)ccc3c2)cc1. The summed E-state index contributed by atoms with van der Waals surface area (Å²) in [5.74, 6) is 0. The Labute approximate surface area is 325 Å². The first-order chi connectivity index (χ1) is 27.7. The first-order valence-corrected chi connectivity index (χ1v) is 19.2. The molecule has 0 amide bonds. The van der Waals surface area contributed by atoms with Crippen LogP contribution < -0.4 is 4.90 Å². The van der Waals surface area contributed by atoms with Gasteiger partial charge in [-0.05, 0) is 115 Å². The molecule has 2 nitrogen and oxygen atoms in total. The monoisotopic (exact) mass is 713 g/mol. The van der Waals surface area contributed by atoms with Gasteiger partial charge in [0.2, 0.25) is 0 Å². The fourth-order valence-electron chi connectivity index (χ4n) is 8.50. The molecule has 11 rings (SSSR count). The number of anilines is 3. The quantitative estimate of drug-likeness (QED) is 0.171. The summed E-state index contributed by atoms with van der Waals surface area (Å²) in [4.78, 5) is 2.34. The normalized spacial score (nSPS) is 11.6. The van der Waals surface area contributed by atoms with Crippen LogP contribution in [0.5, 0.6) is 0 Å². The van der Waals surface area contributed by atoms with Gasteiger partial charge >= 0.3 is 0 Å². The summed E-state index contributed by atoms with van der Waals surface area (Å²) in [7, 11) is 0. The highest BCUT2D eigenvalue weighted by molar-refractivity contribution is 6.14. The standard InChI is InChI=1S/C54H35NO/c1-2-15-44(16-3-1)55(46-32-29-42-34-41(25-26-43(42)35-46)40-24-23-36-11-4-5-12-39(36)33-40)45-30-27-37(28-31-45)47-18-8-13-38-14-9-19-49(53(38)47)51-21-10-20-50-48-17-6-7-22-52(48)56-54(50)51/h1-35H. The highest BCUT2D eigenvalue weighted by Gasteiger charge is 2.18. The highest BCUT2D eigenvalue weighted by atomic mass is 16.3. The minimum atomic E-state index is 0.908. The van der Waals surface area contributed by atoms with Crippen LogP contribution in [0.2, 0.25) is 0 Å². The van der Waals surface area contributed by atoms with Crippen molar-refractivity contribution in [3.63, 3.8) is 0 Å². The minimum Gasteiger partial charge on any atom is -0.455 e. The predicted molar refractivity (Wildman–Crippen MR) is 237 cm³/mol. The largest absolute Gasteiger partial charge is 0.455 e. The lowest BCUT2D eigenvalue weighted by molar-refractivity contribution is 0.670. The van der Waals surface area contributed by atoms with E-state index in [2.05, 4.69) is 211 Å². The zero-order chi connectivity index (χ0) is 37.0. The summed E-state index contributed by atoms with van der Waals surface area (Å²) in [6.07, 6.45) is 0. The van der Waals surface area contributed by atoms with Crippen molar-refractivity contribution in [2.24, 2.45) is 0 Å². The van der Waals surface area contributed by atoms with Crippen LogP contribution in [0.3, 0.4) is 0 Å². The summed E-state index contributed by atoms with van der Waals surface area (Å²) in [5, 5.41) is 9.62. The number of para-hydroxylation sites is 3. The first kappa shape index (κ1) is 32.0. The van der Waals surface area contributed by atoms with Crippen molar-refractivity contribution in [2.75, 3.05) is 4.90 Å². The van der Waals surface area contributed by atoms with E-state index in [4.69, 9.17) is 4.42 Å². The zero-order valence-corrected chi connectivity index (χ0v) is 30.6. The fourth-order valence-corrected chi connectivity index (χ4v) is 8.50. The number of nitrogens with zero attached hydrogens (tertiary/aromatic N) is 1. The fraction of sp³-hybridized carbons (Fsp3) is 0. The molecular formula is C54H35NO. The number of fused-ring (bicyclic) bond motifs is 6. The smallest absolute Gasteiger partial charge is 0.143 e. The molecule has 0 bridgehead atoms. The molecule has 2 heteroatoms. The molecule has 0 atom stereocenters. The van der Waals surface area contributed by atoms with Gasteiger partial charge in [-0.3, -0.25) is 0 Å². The highest BCUT2D eigenvalue weighted by Crippen LogP contribution is 2.43. The molecule has 10 aromatic carbocycles. The second-order valence-corrected chi connectivity index (χ2v) is 14.5. The summed E-state index contributed by atoms with van der Waals surface area (Å²) in [6.45, 7) is 0. The molecule has 0 aliphatic carbocycles. The molecule has 0 radical (unpaired) electrons. The van der Waals surface area contributed by atoms with E-state index in [1.54, 1.807) is 0 Å². The maximum Gasteiger partial charge on any atom is 0.143 e. The van der Waals surface area contributed by atoms with Crippen molar-refractivity contribution < 1.29 is 4.42 Å². The third-order valence-corrected chi connectivity index (χ3v) is 11.2. The number of furan rings is 1. The lowest BCUT2D eigenvalue weighted by atomic mass is 9.90. The van der Waals surface area contributed by atoms with Crippen molar-refractivity contribution in [2.45, 2.75) is 0 Å². The number of rotatable bonds is 6. The van der Waals surface area contributed by atoms with Crippen LogP contribution in [-0.2, 0) is 0 Å². The van der Waals surface area contributed by atoms with E-state index < -0.39 is 0 Å². The van der Waals surface area contributed by atoms with E-state index in [0.717, 1.165) is 55.7 Å². The second-order valence-electron chi connectivity index (χ2n) is 14.5. The van der Waals surface area contributed by atoms with Crippen LogP contribution in [0.1, 0.15) is 0 Å². The van der Waals surface area contributed by atoms with Gasteiger partial charge < -0.3 is 9.32 Å². The Balaban J connectivity index is 0.988. The molecule has 262 valence electrons. The molecular weight excluding hydrogens is 679 g/mol. The summed E-state index contributed by atoms with van der Waals surface area (Å²) in [6, 6.07) is 76.5. The van der Waals surface area contributed by atoms with E-state index in [1.165, 1.54) is 49.0 Å². The Morgan fingerprint density at radius 2 is 0.839 bits per heavy atom. The molecule has 11 aromatic rings. The Kier molecular flexibility index (Phi) is 7.53. The first-order valence-electron chi connectivity index (χ1n) is 19.2. The van der Waals surface area contributed by atoms with Crippen LogP contribution in [0.15, 0.2) is 217 Å². The van der Waals surface area contributed by atoms with E-state index in [1.807, 2.05) is 6.07 Å². The Hall–Kier alpha value is -7.42. The number of benzene rings is 10. The predicted octanol–water partition coefficient (Wildman–Crippen LogP) is 15.5. The van der Waals surface area contributed by atoms with Crippen LogP contribution in [0.25, 0.3) is 87.6 Å². The molecule has 0 aliphatic heterocycles. The third-order valence-electron chi connectivity index (χ3n) is 11.2. The average Bonchev–Trinajstić information content (AvgIpc) is 3.65. The van der Waals surface area contributed by atoms with Crippen molar-refractivity contribution in [3.8, 4) is 33.4 Å². The number of hydrogen-bond acceptors (Lipinski definition) is 2. The van der Waals surface area contributed by atoms with E-state index in [9.17, 15) is 0 Å². The lowest BCUT2D eigenvalue weighted by Gasteiger charge is -2.26. The maximum atomic E-state index is 6.52. The molecule has 56 heavy (non-hydrogen) atoms. The molecule has 1 heterocycles. The molecule has 0 aliphatic rings. The van der Waals surface area contributed by atoms with Gasteiger partial charge in [0.25, 0.3) is 0 Å². The van der Waals surface area contributed by atoms with Gasteiger partial charge in [0.05, 0.1) is 0 Å². The lowest BCUT2D eigenvalue weighted by Crippen LogP contribution is -2.09. The third kappa shape index (κ3) is 5.42. The van der Waals surface area contributed by atoms with Gasteiger partial charge in [-0.25, -0.2) is 0 Å². The summed E-state index contributed by atoms with van der Waals surface area (Å²) < 4.78 is 6.52. The maximum absolute atomic E-state index is 6.52. The topological polar surface area (TPSA) is 16.4 Å². The van der Waals surface area contributed by atoms with E-state index in [0.29, 0.717) is 0 Å². The van der Waals surface area contributed by atoms with Crippen LogP contribution in [0.4, 0.5) is 17.1 Å². The number of hydrogen-bond donors (Lipinski definition) is 0. The molecule has 0 fully saturated rings. The van der Waals surface area contributed by atoms with E-state index in [-0.39, 0.29) is 0 Å². The molecule has 0 saturated heterocycles. The van der Waals surface area contributed by atoms with Gasteiger partial charge in [-0.15, -0.1) is 0 Å². The van der Waals surface area contributed by atoms with Crippen molar-refractivity contribution in [3.05, 3.63) is 212 Å². The molecule has 0 spiro atoms. The molecule has 0 N–H and O–H groups in total. The minimum absolute atomic E-state index is 0.908. The van der Waals surface area contributed by atoms with Crippen LogP contribution >= 0.6 is 0 Å². The van der Waals surface area contributed by atoms with Crippen LogP contribution in [-0.4, -0.2) is 0 Å². The Bertz CT molecular complexity index is 3240. The van der Waals surface area contributed by atoms with Crippen LogP contribution in [0, 0.1) is 0 Å². The van der Waals surface area contributed by atoms with E-state index >= 15 is 0 Å². The zero-order valence-electron chi connectivity index (χ0n) is 30.6. The average molecular weight is 714 g/mol.